The maximum Gasteiger partial charge on any atom is 0.257 e. The summed E-state index contributed by atoms with van der Waals surface area (Å²) >= 11 is 3.40. The van der Waals surface area contributed by atoms with Gasteiger partial charge in [-0.3, -0.25) is 9.78 Å². The predicted octanol–water partition coefficient (Wildman–Crippen LogP) is 5.25. The molecule has 1 amide bonds. The summed E-state index contributed by atoms with van der Waals surface area (Å²) in [6.07, 6.45) is 3.35. The zero-order valence-corrected chi connectivity index (χ0v) is 15.4. The molecule has 1 aromatic heterocycles. The first-order valence-electron chi connectivity index (χ1n) is 8.02. The van der Waals surface area contributed by atoms with Crippen molar-refractivity contribution < 1.29 is 4.79 Å². The van der Waals surface area contributed by atoms with Crippen LogP contribution in [0.5, 0.6) is 0 Å². The summed E-state index contributed by atoms with van der Waals surface area (Å²) in [5, 5.41) is 2.90. The van der Waals surface area contributed by atoms with Crippen LogP contribution in [0.15, 0.2) is 77.5 Å². The molecule has 4 nitrogen and oxygen atoms in total. The van der Waals surface area contributed by atoms with E-state index in [1.807, 2.05) is 60.7 Å². The van der Waals surface area contributed by atoms with Gasteiger partial charge in [0.15, 0.2) is 0 Å². The summed E-state index contributed by atoms with van der Waals surface area (Å²) in [6, 6.07) is 19.4. The molecule has 0 spiro atoms. The van der Waals surface area contributed by atoms with Crippen LogP contribution in [0, 0.1) is 0 Å². The van der Waals surface area contributed by atoms with Crippen molar-refractivity contribution in [2.24, 2.45) is 0 Å². The van der Waals surface area contributed by atoms with E-state index < -0.39 is 0 Å². The lowest BCUT2D eigenvalue weighted by molar-refractivity contribution is 0.102. The number of pyridine rings is 1. The summed E-state index contributed by atoms with van der Waals surface area (Å²) in [6.45, 7) is 2.85. The van der Waals surface area contributed by atoms with Gasteiger partial charge in [-0.05, 0) is 43.3 Å². The van der Waals surface area contributed by atoms with Gasteiger partial charge in [0.2, 0.25) is 0 Å². The van der Waals surface area contributed by atoms with Crippen molar-refractivity contribution in [3.8, 4) is 0 Å². The summed E-state index contributed by atoms with van der Waals surface area (Å²) in [5.41, 5.74) is 3.21. The number of carbonyl (C=O) groups excluding carboxylic acids is 1. The minimum atomic E-state index is -0.184. The van der Waals surface area contributed by atoms with Crippen LogP contribution >= 0.6 is 15.9 Å². The van der Waals surface area contributed by atoms with Crippen molar-refractivity contribution >= 4 is 38.9 Å². The Morgan fingerprint density at radius 3 is 2.56 bits per heavy atom. The van der Waals surface area contributed by atoms with E-state index in [0.717, 1.165) is 28.1 Å². The van der Waals surface area contributed by atoms with Crippen molar-refractivity contribution in [1.29, 1.82) is 0 Å². The van der Waals surface area contributed by atoms with Crippen LogP contribution in [0.4, 0.5) is 17.1 Å². The van der Waals surface area contributed by atoms with Gasteiger partial charge >= 0.3 is 0 Å². The van der Waals surface area contributed by atoms with Crippen LogP contribution in [0.2, 0.25) is 0 Å². The maximum absolute atomic E-state index is 12.5. The molecule has 0 aliphatic carbocycles. The fourth-order valence-corrected chi connectivity index (χ4v) is 2.99. The average molecular weight is 396 g/mol. The number of carbonyl (C=O) groups is 1. The number of benzene rings is 2. The van der Waals surface area contributed by atoms with E-state index in [9.17, 15) is 4.79 Å². The Morgan fingerprint density at radius 2 is 1.84 bits per heavy atom. The molecule has 2 aromatic carbocycles. The molecule has 1 N–H and O–H groups in total. The Labute approximate surface area is 155 Å². The highest BCUT2D eigenvalue weighted by molar-refractivity contribution is 9.10. The number of para-hydroxylation sites is 1. The Balaban J connectivity index is 1.84. The minimum Gasteiger partial charge on any atom is -0.340 e. The number of halogens is 1. The molecule has 0 fully saturated rings. The second-order valence-corrected chi connectivity index (χ2v) is 6.39. The van der Waals surface area contributed by atoms with Crippen LogP contribution < -0.4 is 10.2 Å². The van der Waals surface area contributed by atoms with E-state index in [1.165, 1.54) is 0 Å². The molecule has 0 saturated heterocycles. The Morgan fingerprint density at radius 1 is 1.04 bits per heavy atom. The number of amides is 1. The molecule has 0 aliphatic heterocycles. The van der Waals surface area contributed by atoms with E-state index in [1.54, 1.807) is 12.4 Å². The number of nitrogens with one attached hydrogen (secondary N) is 1. The molecule has 0 radical (unpaired) electrons. The Bertz CT molecular complexity index is 868. The fourth-order valence-electron chi connectivity index (χ4n) is 2.59. The fraction of sp³-hybridized carbons (Fsp3) is 0.100. The van der Waals surface area contributed by atoms with Gasteiger partial charge in [-0.25, -0.2) is 0 Å². The Hall–Kier alpha value is -2.66. The van der Waals surface area contributed by atoms with Crippen molar-refractivity contribution in [1.82, 2.24) is 4.98 Å². The van der Waals surface area contributed by atoms with Gasteiger partial charge < -0.3 is 10.2 Å². The van der Waals surface area contributed by atoms with Gasteiger partial charge in [0.1, 0.15) is 0 Å². The summed E-state index contributed by atoms with van der Waals surface area (Å²) in [7, 11) is 0. The smallest absolute Gasteiger partial charge is 0.257 e. The van der Waals surface area contributed by atoms with Gasteiger partial charge in [-0.1, -0.05) is 40.2 Å². The first kappa shape index (κ1) is 17.2. The van der Waals surface area contributed by atoms with Crippen LogP contribution in [0.3, 0.4) is 0 Å². The summed E-state index contributed by atoms with van der Waals surface area (Å²) < 4.78 is 0.915. The molecule has 1 heterocycles. The van der Waals surface area contributed by atoms with Crippen molar-refractivity contribution in [3.05, 3.63) is 83.1 Å². The highest BCUT2D eigenvalue weighted by Gasteiger charge is 2.12. The van der Waals surface area contributed by atoms with Crippen LogP contribution in [0.1, 0.15) is 17.3 Å². The van der Waals surface area contributed by atoms with Gasteiger partial charge in [0.05, 0.1) is 17.4 Å². The molecule has 3 aromatic rings. The predicted molar refractivity (Wildman–Crippen MR) is 105 cm³/mol. The first-order valence-corrected chi connectivity index (χ1v) is 8.81. The van der Waals surface area contributed by atoms with Crippen molar-refractivity contribution in [2.75, 3.05) is 16.8 Å². The number of aromatic nitrogens is 1. The normalized spacial score (nSPS) is 10.3. The molecule has 0 bridgehead atoms. The van der Waals surface area contributed by atoms with E-state index >= 15 is 0 Å². The molecular weight excluding hydrogens is 378 g/mol. The minimum absolute atomic E-state index is 0.184. The standard InChI is InChI=1S/C20H18BrN3O/c1-2-24(18-9-4-3-5-10-18)19-11-15(13-22-14-19)20(25)23-17-8-6-7-16(21)12-17/h3-14H,2H2,1H3,(H,23,25). The molecule has 0 aliphatic rings. The highest BCUT2D eigenvalue weighted by atomic mass is 79.9. The van der Waals surface area contributed by atoms with Crippen molar-refractivity contribution in [3.63, 3.8) is 0 Å². The lowest BCUT2D eigenvalue weighted by Gasteiger charge is -2.23. The molecule has 3 rings (SSSR count). The second-order valence-electron chi connectivity index (χ2n) is 5.48. The number of nitrogens with zero attached hydrogens (tertiary/aromatic N) is 2. The molecule has 126 valence electrons. The number of hydrogen-bond donors (Lipinski definition) is 1. The van der Waals surface area contributed by atoms with Crippen LogP contribution in [-0.2, 0) is 0 Å². The quantitative estimate of drug-likeness (QED) is 0.640. The maximum atomic E-state index is 12.5. The van der Waals surface area contributed by atoms with E-state index in [4.69, 9.17) is 0 Å². The third-order valence-electron chi connectivity index (χ3n) is 3.76. The molecule has 0 atom stereocenters. The van der Waals surface area contributed by atoms with Crippen LogP contribution in [-0.4, -0.2) is 17.4 Å². The SMILES string of the molecule is CCN(c1ccccc1)c1cncc(C(=O)Nc2cccc(Br)c2)c1. The second kappa shape index (κ2) is 7.94. The number of anilines is 3. The zero-order chi connectivity index (χ0) is 17.6. The third-order valence-corrected chi connectivity index (χ3v) is 4.26. The van der Waals surface area contributed by atoms with E-state index in [-0.39, 0.29) is 5.91 Å². The molecular formula is C20H18BrN3O. The average Bonchev–Trinajstić information content (AvgIpc) is 2.63. The molecule has 25 heavy (non-hydrogen) atoms. The molecule has 0 saturated carbocycles. The lowest BCUT2D eigenvalue weighted by Crippen LogP contribution is -2.18. The lowest BCUT2D eigenvalue weighted by atomic mass is 10.2. The number of hydrogen-bond acceptors (Lipinski definition) is 3. The summed E-state index contributed by atoms with van der Waals surface area (Å²) in [5.74, 6) is -0.184. The molecule has 5 heteroatoms. The number of rotatable bonds is 5. The first-order chi connectivity index (χ1) is 12.2. The van der Waals surface area contributed by atoms with E-state index in [2.05, 4.69) is 38.1 Å². The third kappa shape index (κ3) is 4.25. The van der Waals surface area contributed by atoms with Crippen LogP contribution in [0.25, 0.3) is 0 Å². The largest absolute Gasteiger partial charge is 0.340 e. The van der Waals surface area contributed by atoms with Crippen molar-refractivity contribution in [2.45, 2.75) is 6.92 Å². The van der Waals surface area contributed by atoms with Gasteiger partial charge in [-0.15, -0.1) is 0 Å². The monoisotopic (exact) mass is 395 g/mol. The topological polar surface area (TPSA) is 45.2 Å². The molecule has 0 unspecified atom stereocenters. The highest BCUT2D eigenvalue weighted by Crippen LogP contribution is 2.25. The van der Waals surface area contributed by atoms with E-state index in [0.29, 0.717) is 5.56 Å². The summed E-state index contributed by atoms with van der Waals surface area (Å²) in [4.78, 5) is 18.9. The van der Waals surface area contributed by atoms with Gasteiger partial charge in [0, 0.05) is 28.6 Å². The van der Waals surface area contributed by atoms with Gasteiger partial charge in [-0.2, -0.15) is 0 Å². The zero-order valence-electron chi connectivity index (χ0n) is 13.8. The Kier molecular flexibility index (Phi) is 5.46. The van der Waals surface area contributed by atoms with Gasteiger partial charge in [0.25, 0.3) is 5.91 Å².